The number of aromatic nitrogens is 2. The van der Waals surface area contributed by atoms with Crippen LogP contribution >= 0.6 is 11.8 Å². The Labute approximate surface area is 170 Å². The number of hydrogen-bond donors (Lipinski definition) is 0. The predicted molar refractivity (Wildman–Crippen MR) is 110 cm³/mol. The summed E-state index contributed by atoms with van der Waals surface area (Å²) in [6, 6.07) is 7.27. The highest BCUT2D eigenvalue weighted by Crippen LogP contribution is 2.27. The maximum atomic E-state index is 12.7. The van der Waals surface area contributed by atoms with Gasteiger partial charge in [0.2, 0.25) is 0 Å². The number of imidazole rings is 1. The van der Waals surface area contributed by atoms with Gasteiger partial charge in [0.05, 0.1) is 25.8 Å². The van der Waals surface area contributed by atoms with Crippen molar-refractivity contribution in [1.82, 2.24) is 9.55 Å². The second-order valence-corrected chi connectivity index (χ2v) is 7.43. The SMILES string of the molecule is CCCCc1nc(SCC)c(C(=O)OCC)n1Cc1ccccc1C(=O)OC. The Morgan fingerprint density at radius 2 is 1.89 bits per heavy atom. The highest BCUT2D eigenvalue weighted by molar-refractivity contribution is 7.99. The van der Waals surface area contributed by atoms with Gasteiger partial charge in [0.1, 0.15) is 10.9 Å². The molecule has 0 atom stereocenters. The Bertz CT molecular complexity index is 817. The van der Waals surface area contributed by atoms with E-state index < -0.39 is 5.97 Å². The second kappa shape index (κ2) is 10.9. The quantitative estimate of drug-likeness (QED) is 0.433. The van der Waals surface area contributed by atoms with Gasteiger partial charge >= 0.3 is 11.9 Å². The number of esters is 2. The molecule has 0 saturated carbocycles. The highest BCUT2D eigenvalue weighted by atomic mass is 32.2. The van der Waals surface area contributed by atoms with Crippen molar-refractivity contribution in [3.8, 4) is 0 Å². The van der Waals surface area contributed by atoms with E-state index in [0.717, 1.165) is 36.4 Å². The van der Waals surface area contributed by atoms with Crippen molar-refractivity contribution in [3.05, 3.63) is 46.9 Å². The zero-order valence-electron chi connectivity index (χ0n) is 17.0. The summed E-state index contributed by atoms with van der Waals surface area (Å²) in [5.41, 5.74) is 1.72. The van der Waals surface area contributed by atoms with Crippen LogP contribution in [-0.4, -0.2) is 41.0 Å². The summed E-state index contributed by atoms with van der Waals surface area (Å²) in [7, 11) is 1.36. The van der Waals surface area contributed by atoms with Gasteiger partial charge in [-0.25, -0.2) is 14.6 Å². The minimum atomic E-state index is -0.397. The Kier molecular flexibility index (Phi) is 8.57. The van der Waals surface area contributed by atoms with E-state index in [-0.39, 0.29) is 5.97 Å². The van der Waals surface area contributed by atoms with Gasteiger partial charge in [0.15, 0.2) is 5.69 Å². The molecule has 0 unspecified atom stereocenters. The number of carbonyl (C=O) groups is 2. The van der Waals surface area contributed by atoms with Gasteiger partial charge in [-0.1, -0.05) is 38.5 Å². The number of benzene rings is 1. The van der Waals surface area contributed by atoms with Crippen LogP contribution in [0.25, 0.3) is 0 Å². The number of nitrogens with zero attached hydrogens (tertiary/aromatic N) is 2. The summed E-state index contributed by atoms with van der Waals surface area (Å²) in [6.07, 6.45) is 2.75. The normalized spacial score (nSPS) is 10.7. The van der Waals surface area contributed by atoms with Crippen molar-refractivity contribution < 1.29 is 19.1 Å². The second-order valence-electron chi connectivity index (χ2n) is 6.17. The molecule has 0 spiro atoms. The smallest absolute Gasteiger partial charge is 0.357 e. The van der Waals surface area contributed by atoms with Gasteiger partial charge in [0, 0.05) is 6.42 Å². The lowest BCUT2D eigenvalue weighted by molar-refractivity contribution is 0.0509. The lowest BCUT2D eigenvalue weighted by atomic mass is 10.1. The number of methoxy groups -OCH3 is 1. The number of thioether (sulfide) groups is 1. The molecule has 7 heteroatoms. The van der Waals surface area contributed by atoms with Crippen molar-refractivity contribution in [2.24, 2.45) is 0 Å². The summed E-state index contributed by atoms with van der Waals surface area (Å²) in [5, 5.41) is 0.683. The van der Waals surface area contributed by atoms with Crippen LogP contribution in [0.5, 0.6) is 0 Å². The minimum absolute atomic E-state index is 0.295. The Morgan fingerprint density at radius 3 is 2.54 bits per heavy atom. The van der Waals surface area contributed by atoms with E-state index in [0.29, 0.717) is 29.4 Å². The van der Waals surface area contributed by atoms with Gasteiger partial charge in [-0.2, -0.15) is 0 Å². The third kappa shape index (κ3) is 5.16. The molecule has 0 N–H and O–H groups in total. The van der Waals surface area contributed by atoms with Crippen molar-refractivity contribution >= 4 is 23.7 Å². The molecule has 1 heterocycles. The summed E-state index contributed by atoms with van der Waals surface area (Å²) in [5.74, 6) is 0.853. The van der Waals surface area contributed by atoms with Gasteiger partial charge < -0.3 is 14.0 Å². The number of unbranched alkanes of at least 4 members (excludes halogenated alkanes) is 1. The van der Waals surface area contributed by atoms with Gasteiger partial charge in [0.25, 0.3) is 0 Å². The van der Waals surface area contributed by atoms with E-state index >= 15 is 0 Å². The first kappa shape index (κ1) is 22.0. The molecule has 2 rings (SSSR count). The largest absolute Gasteiger partial charge is 0.465 e. The van der Waals surface area contributed by atoms with Crippen LogP contribution < -0.4 is 0 Å². The van der Waals surface area contributed by atoms with Gasteiger partial charge in [-0.3, -0.25) is 0 Å². The maximum absolute atomic E-state index is 12.7. The fraction of sp³-hybridized carbons (Fsp3) is 0.476. The Morgan fingerprint density at radius 1 is 1.14 bits per heavy atom. The topological polar surface area (TPSA) is 70.4 Å². The molecular formula is C21H28N2O4S. The first-order valence-corrected chi connectivity index (χ1v) is 10.6. The molecule has 152 valence electrons. The molecule has 0 amide bonds. The lowest BCUT2D eigenvalue weighted by Crippen LogP contribution is -2.17. The predicted octanol–water partition coefficient (Wildman–Crippen LogP) is 4.35. The zero-order chi connectivity index (χ0) is 20.5. The molecule has 0 radical (unpaired) electrons. The average molecular weight is 405 g/mol. The summed E-state index contributed by atoms with van der Waals surface area (Å²) in [4.78, 5) is 29.6. The van der Waals surface area contributed by atoms with Crippen molar-refractivity contribution in [1.29, 1.82) is 0 Å². The van der Waals surface area contributed by atoms with Crippen molar-refractivity contribution in [2.45, 2.75) is 51.6 Å². The number of ether oxygens (including phenoxy) is 2. The first-order valence-electron chi connectivity index (χ1n) is 9.62. The summed E-state index contributed by atoms with van der Waals surface area (Å²) in [6.45, 7) is 6.58. The molecule has 6 nitrogen and oxygen atoms in total. The van der Waals surface area contributed by atoms with Crippen LogP contribution in [0, 0.1) is 0 Å². The fourth-order valence-electron chi connectivity index (χ4n) is 2.94. The first-order chi connectivity index (χ1) is 13.6. The third-order valence-corrected chi connectivity index (χ3v) is 5.12. The van der Waals surface area contributed by atoms with Crippen LogP contribution in [0.1, 0.15) is 65.8 Å². The maximum Gasteiger partial charge on any atom is 0.357 e. The Balaban J connectivity index is 2.56. The van der Waals surface area contributed by atoms with Gasteiger partial charge in [-0.05, 0) is 30.7 Å². The standard InChI is InChI=1S/C21H28N2O4S/c1-5-8-13-17-22-19(28-7-3)18(21(25)27-6-2)23(17)14-15-11-9-10-12-16(15)20(24)26-4/h9-12H,5-8,13-14H2,1-4H3. The van der Waals surface area contributed by atoms with Crippen LogP contribution in [0.15, 0.2) is 29.3 Å². The molecule has 1 aromatic heterocycles. The molecule has 0 aliphatic rings. The number of hydrogen-bond acceptors (Lipinski definition) is 6. The van der Waals surface area contributed by atoms with Crippen LogP contribution in [0.3, 0.4) is 0 Å². The minimum Gasteiger partial charge on any atom is -0.465 e. The summed E-state index contributed by atoms with van der Waals surface area (Å²) >= 11 is 1.53. The molecule has 0 aliphatic carbocycles. The number of carbonyl (C=O) groups excluding carboxylic acids is 2. The molecule has 0 saturated heterocycles. The van der Waals surface area contributed by atoms with Crippen molar-refractivity contribution in [3.63, 3.8) is 0 Å². The zero-order valence-corrected chi connectivity index (χ0v) is 17.8. The van der Waals surface area contributed by atoms with Crippen LogP contribution in [0.2, 0.25) is 0 Å². The molecule has 28 heavy (non-hydrogen) atoms. The monoisotopic (exact) mass is 404 g/mol. The third-order valence-electron chi connectivity index (χ3n) is 4.27. The van der Waals surface area contributed by atoms with E-state index in [1.165, 1.54) is 18.9 Å². The lowest BCUT2D eigenvalue weighted by Gasteiger charge is -2.14. The fourth-order valence-corrected chi connectivity index (χ4v) is 3.72. The van der Waals surface area contributed by atoms with Crippen LogP contribution in [-0.2, 0) is 22.4 Å². The number of rotatable bonds is 10. The molecule has 1 aromatic carbocycles. The Hall–Kier alpha value is -2.28. The van der Waals surface area contributed by atoms with E-state index in [1.54, 1.807) is 19.1 Å². The van der Waals surface area contributed by atoms with E-state index in [9.17, 15) is 9.59 Å². The average Bonchev–Trinajstić information content (AvgIpc) is 3.03. The molecule has 0 aliphatic heterocycles. The van der Waals surface area contributed by atoms with Crippen LogP contribution in [0.4, 0.5) is 0 Å². The number of aryl methyl sites for hydroxylation is 1. The van der Waals surface area contributed by atoms with E-state index in [2.05, 4.69) is 6.92 Å². The van der Waals surface area contributed by atoms with Crippen molar-refractivity contribution in [2.75, 3.05) is 19.5 Å². The summed E-state index contributed by atoms with van der Waals surface area (Å²) < 4.78 is 12.1. The highest BCUT2D eigenvalue weighted by Gasteiger charge is 2.25. The van der Waals surface area contributed by atoms with E-state index in [1.807, 2.05) is 23.6 Å². The molecule has 0 fully saturated rings. The van der Waals surface area contributed by atoms with E-state index in [4.69, 9.17) is 14.5 Å². The molecule has 0 bridgehead atoms. The molecular weight excluding hydrogens is 376 g/mol. The van der Waals surface area contributed by atoms with Gasteiger partial charge in [-0.15, -0.1) is 11.8 Å². The molecule has 2 aromatic rings.